The van der Waals surface area contributed by atoms with Crippen LogP contribution in [0.2, 0.25) is 0 Å². The van der Waals surface area contributed by atoms with Crippen molar-refractivity contribution in [2.45, 2.75) is 39.2 Å². The number of anilines is 1. The van der Waals surface area contributed by atoms with Crippen molar-refractivity contribution < 1.29 is 4.39 Å². The third kappa shape index (κ3) is 4.05. The number of hydrogen-bond acceptors (Lipinski definition) is 2. The maximum atomic E-state index is 13.0. The lowest BCUT2D eigenvalue weighted by atomic mass is 10.0. The van der Waals surface area contributed by atoms with Crippen LogP contribution in [0.4, 0.5) is 10.2 Å². The Hall–Kier alpha value is -1.90. The van der Waals surface area contributed by atoms with Crippen LogP contribution in [0.3, 0.4) is 0 Å². The Balaban J connectivity index is 2.00. The van der Waals surface area contributed by atoms with Crippen molar-refractivity contribution in [1.29, 1.82) is 0 Å². The zero-order valence-electron chi connectivity index (χ0n) is 12.1. The summed E-state index contributed by atoms with van der Waals surface area (Å²) in [7, 11) is 0. The fraction of sp³-hybridized carbons (Fsp3) is 0.353. The SMILES string of the molecule is CCCCc1ccc(C(C)Nc2cccc(F)n2)cc1. The standard InChI is InChI=1S/C17H21FN2/c1-3-4-6-14-9-11-15(12-10-14)13(2)19-17-8-5-7-16(18)20-17/h5,7-13H,3-4,6H2,1-2H3,(H,19,20). The van der Waals surface area contributed by atoms with Crippen molar-refractivity contribution in [3.05, 3.63) is 59.5 Å². The first-order chi connectivity index (χ1) is 9.69. The molecule has 106 valence electrons. The Labute approximate surface area is 120 Å². The number of aromatic nitrogens is 1. The van der Waals surface area contributed by atoms with E-state index in [4.69, 9.17) is 0 Å². The summed E-state index contributed by atoms with van der Waals surface area (Å²) in [6, 6.07) is 13.5. The Morgan fingerprint density at radius 1 is 1.15 bits per heavy atom. The van der Waals surface area contributed by atoms with Crippen LogP contribution in [0.15, 0.2) is 42.5 Å². The van der Waals surface area contributed by atoms with E-state index >= 15 is 0 Å². The number of hydrogen-bond donors (Lipinski definition) is 1. The number of rotatable bonds is 6. The molecule has 1 unspecified atom stereocenters. The summed E-state index contributed by atoms with van der Waals surface area (Å²) in [4.78, 5) is 3.82. The normalized spacial score (nSPS) is 12.2. The van der Waals surface area contributed by atoms with Crippen molar-refractivity contribution >= 4 is 5.82 Å². The van der Waals surface area contributed by atoms with Gasteiger partial charge < -0.3 is 5.32 Å². The molecule has 1 atom stereocenters. The van der Waals surface area contributed by atoms with E-state index in [1.165, 1.54) is 30.0 Å². The van der Waals surface area contributed by atoms with Crippen molar-refractivity contribution in [3.63, 3.8) is 0 Å². The van der Waals surface area contributed by atoms with E-state index in [1.807, 2.05) is 6.92 Å². The van der Waals surface area contributed by atoms with Gasteiger partial charge in [0, 0.05) is 6.04 Å². The van der Waals surface area contributed by atoms with Crippen molar-refractivity contribution in [1.82, 2.24) is 4.98 Å². The molecular weight excluding hydrogens is 251 g/mol. The van der Waals surface area contributed by atoms with Gasteiger partial charge in [0.15, 0.2) is 0 Å². The second-order valence-corrected chi connectivity index (χ2v) is 5.06. The molecular formula is C17H21FN2. The maximum Gasteiger partial charge on any atom is 0.214 e. The lowest BCUT2D eigenvalue weighted by Crippen LogP contribution is -2.08. The molecule has 0 aliphatic heterocycles. The lowest BCUT2D eigenvalue weighted by molar-refractivity contribution is 0.584. The molecule has 0 aliphatic carbocycles. The highest BCUT2D eigenvalue weighted by Gasteiger charge is 2.06. The van der Waals surface area contributed by atoms with Crippen LogP contribution in [0.1, 0.15) is 43.9 Å². The number of unbranched alkanes of at least 4 members (excludes halogenated alkanes) is 1. The first-order valence-electron chi connectivity index (χ1n) is 7.17. The van der Waals surface area contributed by atoms with Gasteiger partial charge in [0.1, 0.15) is 5.82 Å². The number of halogens is 1. The molecule has 2 aromatic rings. The largest absolute Gasteiger partial charge is 0.363 e. The minimum Gasteiger partial charge on any atom is -0.363 e. The zero-order chi connectivity index (χ0) is 14.4. The Bertz CT molecular complexity index is 537. The molecule has 0 aliphatic rings. The highest BCUT2D eigenvalue weighted by atomic mass is 19.1. The summed E-state index contributed by atoms with van der Waals surface area (Å²) in [6.45, 7) is 4.25. The van der Waals surface area contributed by atoms with Gasteiger partial charge >= 0.3 is 0 Å². The molecule has 0 amide bonds. The summed E-state index contributed by atoms with van der Waals surface area (Å²) in [5.41, 5.74) is 2.54. The topological polar surface area (TPSA) is 24.9 Å². The number of aryl methyl sites for hydroxylation is 1. The van der Waals surface area contributed by atoms with Gasteiger partial charge in [0.25, 0.3) is 0 Å². The predicted molar refractivity (Wildman–Crippen MR) is 81.3 cm³/mol. The first kappa shape index (κ1) is 14.5. The first-order valence-corrected chi connectivity index (χ1v) is 7.17. The van der Waals surface area contributed by atoms with E-state index in [0.717, 1.165) is 6.42 Å². The molecule has 0 fully saturated rings. The van der Waals surface area contributed by atoms with Crippen LogP contribution in [-0.4, -0.2) is 4.98 Å². The van der Waals surface area contributed by atoms with Gasteiger partial charge in [-0.2, -0.15) is 4.39 Å². The number of nitrogens with one attached hydrogen (secondary N) is 1. The molecule has 0 radical (unpaired) electrons. The van der Waals surface area contributed by atoms with Crippen LogP contribution in [-0.2, 0) is 6.42 Å². The van der Waals surface area contributed by atoms with E-state index in [2.05, 4.69) is 41.5 Å². The van der Waals surface area contributed by atoms with Crippen molar-refractivity contribution in [2.75, 3.05) is 5.32 Å². The maximum absolute atomic E-state index is 13.0. The molecule has 0 saturated heterocycles. The van der Waals surface area contributed by atoms with E-state index in [1.54, 1.807) is 12.1 Å². The van der Waals surface area contributed by atoms with Crippen LogP contribution in [0.5, 0.6) is 0 Å². The second kappa shape index (κ2) is 7.04. The van der Waals surface area contributed by atoms with Gasteiger partial charge in [-0.3, -0.25) is 0 Å². The summed E-state index contributed by atoms with van der Waals surface area (Å²) in [6.07, 6.45) is 3.56. The molecule has 2 rings (SSSR count). The Morgan fingerprint density at radius 3 is 2.55 bits per heavy atom. The van der Waals surface area contributed by atoms with Gasteiger partial charge in [-0.05, 0) is 43.0 Å². The molecule has 0 saturated carbocycles. The number of benzene rings is 1. The zero-order valence-corrected chi connectivity index (χ0v) is 12.1. The van der Waals surface area contributed by atoms with Gasteiger partial charge in [-0.15, -0.1) is 0 Å². The smallest absolute Gasteiger partial charge is 0.214 e. The Morgan fingerprint density at radius 2 is 1.90 bits per heavy atom. The Kier molecular flexibility index (Phi) is 5.10. The number of pyridine rings is 1. The molecule has 0 bridgehead atoms. The van der Waals surface area contributed by atoms with Crippen molar-refractivity contribution in [2.24, 2.45) is 0 Å². The minimum absolute atomic E-state index is 0.101. The lowest BCUT2D eigenvalue weighted by Gasteiger charge is -2.15. The molecule has 3 heteroatoms. The fourth-order valence-corrected chi connectivity index (χ4v) is 2.15. The van der Waals surface area contributed by atoms with Gasteiger partial charge in [-0.1, -0.05) is 43.7 Å². The molecule has 1 aromatic carbocycles. The molecule has 20 heavy (non-hydrogen) atoms. The second-order valence-electron chi connectivity index (χ2n) is 5.06. The highest BCUT2D eigenvalue weighted by molar-refractivity contribution is 5.38. The van der Waals surface area contributed by atoms with Crippen LogP contribution in [0, 0.1) is 5.95 Å². The highest BCUT2D eigenvalue weighted by Crippen LogP contribution is 2.19. The molecule has 1 N–H and O–H groups in total. The summed E-state index contributed by atoms with van der Waals surface area (Å²) < 4.78 is 13.0. The quantitative estimate of drug-likeness (QED) is 0.768. The van der Waals surface area contributed by atoms with E-state index in [-0.39, 0.29) is 6.04 Å². The van der Waals surface area contributed by atoms with Crippen LogP contribution >= 0.6 is 0 Å². The fourth-order valence-electron chi connectivity index (χ4n) is 2.15. The van der Waals surface area contributed by atoms with Gasteiger partial charge in [0.2, 0.25) is 5.95 Å². The van der Waals surface area contributed by atoms with E-state index in [9.17, 15) is 4.39 Å². The van der Waals surface area contributed by atoms with Gasteiger partial charge in [-0.25, -0.2) is 4.98 Å². The van der Waals surface area contributed by atoms with Crippen LogP contribution in [0.25, 0.3) is 0 Å². The molecule has 1 heterocycles. The molecule has 2 nitrogen and oxygen atoms in total. The minimum atomic E-state index is -0.461. The number of nitrogens with zero attached hydrogens (tertiary/aromatic N) is 1. The average molecular weight is 272 g/mol. The van der Waals surface area contributed by atoms with Crippen molar-refractivity contribution in [3.8, 4) is 0 Å². The average Bonchev–Trinajstić information content (AvgIpc) is 2.45. The summed E-state index contributed by atoms with van der Waals surface area (Å²) in [5.74, 6) is 0.102. The third-order valence-electron chi connectivity index (χ3n) is 3.38. The van der Waals surface area contributed by atoms with E-state index < -0.39 is 5.95 Å². The molecule has 0 spiro atoms. The monoisotopic (exact) mass is 272 g/mol. The van der Waals surface area contributed by atoms with E-state index in [0.29, 0.717) is 5.82 Å². The molecule has 1 aromatic heterocycles. The predicted octanol–water partition coefficient (Wildman–Crippen LogP) is 4.74. The van der Waals surface area contributed by atoms with Crippen LogP contribution < -0.4 is 5.32 Å². The summed E-state index contributed by atoms with van der Waals surface area (Å²) in [5, 5.41) is 3.21. The van der Waals surface area contributed by atoms with Gasteiger partial charge in [0.05, 0.1) is 0 Å². The summed E-state index contributed by atoms with van der Waals surface area (Å²) >= 11 is 0. The third-order valence-corrected chi connectivity index (χ3v) is 3.38.